The fraction of sp³-hybridized carbons (Fsp3) is 0.833. The van der Waals surface area contributed by atoms with Crippen LogP contribution in [-0.2, 0) is 22.4 Å². The topological polar surface area (TPSA) is 121 Å². The summed E-state index contributed by atoms with van der Waals surface area (Å²) >= 11 is 0. The van der Waals surface area contributed by atoms with Gasteiger partial charge in [-0.15, -0.1) is 0 Å². The zero-order valence-corrected chi connectivity index (χ0v) is 8.75. The molecule has 6 N–H and O–H groups in total. The van der Waals surface area contributed by atoms with Crippen molar-refractivity contribution in [2.75, 3.05) is 6.61 Å². The number of hydrogen-bond acceptors (Lipinski definition) is 6. The molecule has 0 aliphatic rings. The molecule has 84 valence electrons. The first-order valence-corrected chi connectivity index (χ1v) is 3.35. The van der Waals surface area contributed by atoms with Gasteiger partial charge in [-0.2, -0.15) is 6.61 Å². The SMILES string of the molecule is O[CH-][C@H](O)[C@@H](O)[C@H](O)[C@H](O)CO.[Au+]. The third-order valence-corrected chi connectivity index (χ3v) is 1.43. The van der Waals surface area contributed by atoms with Gasteiger partial charge in [0.2, 0.25) is 0 Å². The van der Waals surface area contributed by atoms with Crippen LogP contribution in [0.15, 0.2) is 0 Å². The van der Waals surface area contributed by atoms with Gasteiger partial charge in [0.1, 0.15) is 12.2 Å². The average Bonchev–Trinajstić information content (AvgIpc) is 2.12. The van der Waals surface area contributed by atoms with Crippen LogP contribution >= 0.6 is 0 Å². The van der Waals surface area contributed by atoms with E-state index in [0.717, 1.165) is 0 Å². The van der Waals surface area contributed by atoms with Gasteiger partial charge in [-0.05, 0) is 6.10 Å². The van der Waals surface area contributed by atoms with Gasteiger partial charge >= 0.3 is 22.4 Å². The van der Waals surface area contributed by atoms with E-state index >= 15 is 0 Å². The van der Waals surface area contributed by atoms with Gasteiger partial charge in [0.15, 0.2) is 0 Å². The Morgan fingerprint density at radius 3 is 1.77 bits per heavy atom. The van der Waals surface area contributed by atoms with Crippen molar-refractivity contribution in [3.05, 3.63) is 6.61 Å². The van der Waals surface area contributed by atoms with E-state index in [1.165, 1.54) is 0 Å². The van der Waals surface area contributed by atoms with Gasteiger partial charge in [-0.3, -0.25) is 0 Å². The molecule has 0 heterocycles. The molecule has 0 spiro atoms. The molecule has 0 aliphatic carbocycles. The van der Waals surface area contributed by atoms with Crippen molar-refractivity contribution in [3.63, 3.8) is 0 Å². The quantitative estimate of drug-likeness (QED) is 0.224. The maximum absolute atomic E-state index is 8.94. The Morgan fingerprint density at radius 1 is 1.00 bits per heavy atom. The molecule has 0 unspecified atom stereocenters. The van der Waals surface area contributed by atoms with Gasteiger partial charge in [-0.1, -0.05) is 0 Å². The largest absolute Gasteiger partial charge is 1.00 e. The third-order valence-electron chi connectivity index (χ3n) is 1.43. The Labute approximate surface area is 91.0 Å². The molecule has 0 radical (unpaired) electrons. The maximum Gasteiger partial charge on any atom is 1.00 e. The van der Waals surface area contributed by atoms with Crippen molar-refractivity contribution in [2.24, 2.45) is 0 Å². The molecule has 6 nitrogen and oxygen atoms in total. The first kappa shape index (κ1) is 16.0. The zero-order chi connectivity index (χ0) is 9.72. The molecule has 0 fully saturated rings. The number of aliphatic hydroxyl groups excluding tert-OH is 6. The predicted molar refractivity (Wildman–Crippen MR) is 37.3 cm³/mol. The summed E-state index contributed by atoms with van der Waals surface area (Å²) in [6, 6.07) is 0. The molecule has 4 atom stereocenters. The minimum absolute atomic E-state index is 0. The van der Waals surface area contributed by atoms with Crippen LogP contribution in [0.5, 0.6) is 0 Å². The zero-order valence-electron chi connectivity index (χ0n) is 6.58. The van der Waals surface area contributed by atoms with Crippen molar-refractivity contribution < 1.29 is 53.0 Å². The predicted octanol–water partition coefficient (Wildman–Crippen LogP) is -3.05. The van der Waals surface area contributed by atoms with Crippen molar-refractivity contribution in [1.29, 1.82) is 0 Å². The molecule has 0 aromatic carbocycles. The van der Waals surface area contributed by atoms with Crippen LogP contribution < -0.4 is 0 Å². The fourth-order valence-corrected chi connectivity index (χ4v) is 0.626. The van der Waals surface area contributed by atoms with E-state index in [0.29, 0.717) is 0 Å². The standard InChI is InChI=1S/C6H13O6.Au/c7-1-3(9)5(11)6(12)4(10)2-8;/h1,3-12H,2H2;/q-1;+1/t3-,4+,5+,6+;/m0./s1. The summed E-state index contributed by atoms with van der Waals surface area (Å²) < 4.78 is 0. The van der Waals surface area contributed by atoms with Gasteiger partial charge in [0.05, 0.1) is 12.7 Å². The molecule has 0 saturated heterocycles. The Kier molecular flexibility index (Phi) is 9.65. The second kappa shape index (κ2) is 7.86. The van der Waals surface area contributed by atoms with Crippen LogP contribution in [0, 0.1) is 6.61 Å². The minimum atomic E-state index is -1.72. The van der Waals surface area contributed by atoms with E-state index in [2.05, 4.69) is 0 Å². The van der Waals surface area contributed by atoms with E-state index in [1.54, 1.807) is 0 Å². The summed E-state index contributed by atoms with van der Waals surface area (Å²) in [5.41, 5.74) is 0. The molecule has 0 saturated carbocycles. The summed E-state index contributed by atoms with van der Waals surface area (Å²) in [6.07, 6.45) is -6.62. The van der Waals surface area contributed by atoms with Crippen LogP contribution in [0.2, 0.25) is 0 Å². The summed E-state index contributed by atoms with van der Waals surface area (Å²) in [7, 11) is 0. The average molecular weight is 378 g/mol. The monoisotopic (exact) mass is 378 g/mol. The molecular weight excluding hydrogens is 365 g/mol. The third kappa shape index (κ3) is 5.06. The second-order valence-corrected chi connectivity index (χ2v) is 2.37. The molecule has 0 rings (SSSR count). The normalized spacial score (nSPS) is 19.8. The van der Waals surface area contributed by atoms with E-state index in [1.807, 2.05) is 0 Å². The van der Waals surface area contributed by atoms with Crippen molar-refractivity contribution in [1.82, 2.24) is 0 Å². The molecule has 0 bridgehead atoms. The van der Waals surface area contributed by atoms with E-state index in [-0.39, 0.29) is 29.0 Å². The van der Waals surface area contributed by atoms with Gasteiger partial charge in [-0.25, -0.2) is 0 Å². The molecule has 0 aliphatic heterocycles. The molecule has 0 aromatic heterocycles. The maximum atomic E-state index is 8.94. The number of rotatable bonds is 5. The molecular formula is C6H13AuO6. The van der Waals surface area contributed by atoms with E-state index < -0.39 is 31.0 Å². The molecule has 13 heavy (non-hydrogen) atoms. The van der Waals surface area contributed by atoms with Crippen LogP contribution in [0.1, 0.15) is 0 Å². The number of hydrogen-bond donors (Lipinski definition) is 6. The fourth-order valence-electron chi connectivity index (χ4n) is 0.626. The van der Waals surface area contributed by atoms with Crippen molar-refractivity contribution in [3.8, 4) is 0 Å². The van der Waals surface area contributed by atoms with E-state index in [9.17, 15) is 0 Å². The summed E-state index contributed by atoms with van der Waals surface area (Å²) in [6.45, 7) is -0.464. The minimum Gasteiger partial charge on any atom is -0.563 e. The molecule has 0 aromatic rings. The summed E-state index contributed by atoms with van der Waals surface area (Å²) in [4.78, 5) is 0. The van der Waals surface area contributed by atoms with Crippen LogP contribution in [0.3, 0.4) is 0 Å². The van der Waals surface area contributed by atoms with Crippen molar-refractivity contribution in [2.45, 2.75) is 24.4 Å². The van der Waals surface area contributed by atoms with Crippen LogP contribution in [0.4, 0.5) is 0 Å². The van der Waals surface area contributed by atoms with Crippen molar-refractivity contribution >= 4 is 0 Å². The first-order valence-electron chi connectivity index (χ1n) is 3.35. The Bertz CT molecular complexity index is 110. The summed E-state index contributed by atoms with van der Waals surface area (Å²) in [5.74, 6) is 0. The van der Waals surface area contributed by atoms with E-state index in [4.69, 9.17) is 30.6 Å². The van der Waals surface area contributed by atoms with Gasteiger partial charge in [0.25, 0.3) is 0 Å². The molecule has 0 amide bonds. The van der Waals surface area contributed by atoms with Crippen LogP contribution in [0.25, 0.3) is 0 Å². The Hall–Kier alpha value is 0.500. The second-order valence-electron chi connectivity index (χ2n) is 2.37. The van der Waals surface area contributed by atoms with Gasteiger partial charge < -0.3 is 30.6 Å². The van der Waals surface area contributed by atoms with Crippen LogP contribution in [-0.4, -0.2) is 61.7 Å². The number of aliphatic hydroxyl groups is 6. The van der Waals surface area contributed by atoms with Gasteiger partial charge in [0, 0.05) is 0 Å². The molecule has 7 heteroatoms. The Morgan fingerprint density at radius 2 is 1.46 bits per heavy atom. The first-order chi connectivity index (χ1) is 5.54. The Balaban J connectivity index is 0. The smallest absolute Gasteiger partial charge is 0.563 e. The summed E-state index contributed by atoms with van der Waals surface area (Å²) in [5, 5.41) is 51.9.